The fourth-order valence-corrected chi connectivity index (χ4v) is 3.08. The van der Waals surface area contributed by atoms with Crippen LogP contribution in [0.4, 0.5) is 4.39 Å². The van der Waals surface area contributed by atoms with Gasteiger partial charge < -0.3 is 5.32 Å². The molecule has 3 nitrogen and oxygen atoms in total. The topological polar surface area (TPSA) is 46.2 Å². The Kier molecular flexibility index (Phi) is 6.23. The molecule has 1 rings (SSSR count). The van der Waals surface area contributed by atoms with Crippen molar-refractivity contribution in [1.29, 1.82) is 0 Å². The fraction of sp³-hybridized carbons (Fsp3) is 0.500. The molecular weight excluding hydrogens is 357 g/mol. The van der Waals surface area contributed by atoms with Crippen LogP contribution in [0.3, 0.4) is 0 Å². The molecule has 0 aromatic heterocycles. The maximum Gasteiger partial charge on any atom is 0.149 e. The summed E-state index contributed by atoms with van der Waals surface area (Å²) in [5.41, 5.74) is 0.270. The van der Waals surface area contributed by atoms with E-state index < -0.39 is 21.7 Å². The summed E-state index contributed by atoms with van der Waals surface area (Å²) in [4.78, 5) is 0. The molecule has 1 aromatic carbocycles. The Hall–Kier alpha value is -0.170. The molecule has 0 aliphatic carbocycles. The predicted octanol–water partition coefficient (Wildman–Crippen LogP) is 3.33. The lowest BCUT2D eigenvalue weighted by Crippen LogP contribution is -2.29. The number of hydrogen-bond donors (Lipinski definition) is 1. The van der Waals surface area contributed by atoms with Crippen LogP contribution in [-0.2, 0) is 9.84 Å². The summed E-state index contributed by atoms with van der Waals surface area (Å²) < 4.78 is 37.3. The molecule has 0 saturated carbocycles. The average molecular weight is 373 g/mol. The lowest BCUT2D eigenvalue weighted by atomic mass is 10.1. The molecule has 0 amide bonds. The van der Waals surface area contributed by atoms with Crippen molar-refractivity contribution in [1.82, 2.24) is 5.32 Å². The van der Waals surface area contributed by atoms with Gasteiger partial charge in [-0.25, -0.2) is 12.8 Å². The molecule has 0 heterocycles. The minimum Gasteiger partial charge on any atom is -0.309 e. The first-order valence-corrected chi connectivity index (χ1v) is 9.03. The zero-order valence-corrected chi connectivity index (χ0v) is 13.9. The van der Waals surface area contributed by atoms with Crippen LogP contribution >= 0.6 is 27.5 Å². The molecule has 1 aromatic rings. The van der Waals surface area contributed by atoms with Gasteiger partial charge >= 0.3 is 0 Å². The molecule has 0 fully saturated rings. The second-order valence-electron chi connectivity index (χ2n) is 4.39. The molecule has 0 aliphatic heterocycles. The van der Waals surface area contributed by atoms with E-state index in [1.807, 2.05) is 6.92 Å². The molecule has 1 N–H and O–H groups in total. The van der Waals surface area contributed by atoms with Gasteiger partial charge in [-0.15, -0.1) is 0 Å². The maximum atomic E-state index is 14.0. The highest BCUT2D eigenvalue weighted by molar-refractivity contribution is 9.10. The minimum atomic E-state index is -3.23. The third kappa shape index (κ3) is 5.38. The molecule has 19 heavy (non-hydrogen) atoms. The number of nitrogens with one attached hydrogen (secondary N) is 1. The highest BCUT2D eigenvalue weighted by Crippen LogP contribution is 2.29. The van der Waals surface area contributed by atoms with E-state index in [0.29, 0.717) is 16.0 Å². The normalized spacial score (nSPS) is 13.5. The Bertz CT molecular complexity index is 551. The van der Waals surface area contributed by atoms with Crippen LogP contribution in [0.15, 0.2) is 16.6 Å². The maximum absolute atomic E-state index is 14.0. The van der Waals surface area contributed by atoms with Gasteiger partial charge in [-0.2, -0.15) is 0 Å². The van der Waals surface area contributed by atoms with E-state index in [9.17, 15) is 12.8 Å². The molecule has 0 bridgehead atoms. The molecular formula is C12H16BrClFNO2S. The highest BCUT2D eigenvalue weighted by Gasteiger charge is 2.21. The Morgan fingerprint density at radius 3 is 2.63 bits per heavy atom. The number of halogens is 3. The van der Waals surface area contributed by atoms with Gasteiger partial charge in [0, 0.05) is 22.3 Å². The summed E-state index contributed by atoms with van der Waals surface area (Å²) in [6, 6.07) is 2.11. The molecule has 0 aliphatic rings. The summed E-state index contributed by atoms with van der Waals surface area (Å²) in [6.45, 7) is 2.56. The second-order valence-corrected chi connectivity index (χ2v) is 7.83. The average Bonchev–Trinajstić information content (AvgIpc) is 2.28. The first kappa shape index (κ1) is 16.9. The van der Waals surface area contributed by atoms with Gasteiger partial charge in [0.05, 0.1) is 10.8 Å². The van der Waals surface area contributed by atoms with Crippen molar-refractivity contribution in [3.8, 4) is 0 Å². The number of rotatable bonds is 6. The number of hydrogen-bond acceptors (Lipinski definition) is 3. The van der Waals surface area contributed by atoms with E-state index in [1.165, 1.54) is 12.1 Å². The largest absolute Gasteiger partial charge is 0.309 e. The minimum absolute atomic E-state index is 0.165. The van der Waals surface area contributed by atoms with Crippen LogP contribution in [0.1, 0.15) is 24.9 Å². The van der Waals surface area contributed by atoms with Crippen molar-refractivity contribution in [2.45, 2.75) is 19.4 Å². The molecule has 108 valence electrons. The van der Waals surface area contributed by atoms with Crippen molar-refractivity contribution in [2.24, 2.45) is 0 Å². The summed E-state index contributed by atoms with van der Waals surface area (Å²) in [7, 11) is -3.23. The van der Waals surface area contributed by atoms with Crippen LogP contribution in [0, 0.1) is 5.82 Å². The van der Waals surface area contributed by atoms with E-state index >= 15 is 0 Å². The lowest BCUT2D eigenvalue weighted by molar-refractivity contribution is 0.519. The Labute approximate surface area is 126 Å². The van der Waals surface area contributed by atoms with E-state index in [0.717, 1.165) is 12.7 Å². The molecule has 1 atom stereocenters. The zero-order chi connectivity index (χ0) is 14.6. The third-order valence-electron chi connectivity index (χ3n) is 2.53. The molecule has 0 saturated heterocycles. The van der Waals surface area contributed by atoms with Gasteiger partial charge in [0.2, 0.25) is 0 Å². The first-order valence-electron chi connectivity index (χ1n) is 5.80. The van der Waals surface area contributed by atoms with Crippen LogP contribution in [-0.4, -0.2) is 27.0 Å². The third-order valence-corrected chi connectivity index (χ3v) is 4.66. The van der Waals surface area contributed by atoms with E-state index in [2.05, 4.69) is 21.2 Å². The van der Waals surface area contributed by atoms with Crippen LogP contribution in [0.5, 0.6) is 0 Å². The van der Waals surface area contributed by atoms with Crippen molar-refractivity contribution >= 4 is 37.4 Å². The zero-order valence-electron chi connectivity index (χ0n) is 10.7. The Balaban J connectivity index is 3.13. The summed E-state index contributed by atoms with van der Waals surface area (Å²) in [5.74, 6) is -0.643. The molecule has 0 radical (unpaired) electrons. The van der Waals surface area contributed by atoms with Crippen molar-refractivity contribution in [3.63, 3.8) is 0 Å². The van der Waals surface area contributed by atoms with Gasteiger partial charge in [0.15, 0.2) is 0 Å². The SMILES string of the molecule is CCCNC(CS(C)(=O)=O)c1cc(Cl)c(Br)cc1F. The van der Waals surface area contributed by atoms with Crippen LogP contribution in [0.25, 0.3) is 0 Å². The van der Waals surface area contributed by atoms with E-state index in [-0.39, 0.29) is 11.3 Å². The fourth-order valence-electron chi connectivity index (χ4n) is 1.68. The quantitative estimate of drug-likeness (QED) is 0.779. The first-order chi connectivity index (χ1) is 8.74. The van der Waals surface area contributed by atoms with Crippen molar-refractivity contribution in [3.05, 3.63) is 33.0 Å². The Morgan fingerprint density at radius 2 is 2.11 bits per heavy atom. The van der Waals surface area contributed by atoms with Gasteiger partial charge in [-0.3, -0.25) is 0 Å². The molecule has 7 heteroatoms. The van der Waals surface area contributed by atoms with Crippen molar-refractivity contribution < 1.29 is 12.8 Å². The van der Waals surface area contributed by atoms with Gasteiger partial charge in [0.1, 0.15) is 15.7 Å². The van der Waals surface area contributed by atoms with Gasteiger partial charge in [-0.05, 0) is 41.0 Å². The molecule has 1 unspecified atom stereocenters. The van der Waals surface area contributed by atoms with Gasteiger partial charge in [0.25, 0.3) is 0 Å². The summed E-state index contributed by atoms with van der Waals surface area (Å²) in [5, 5.41) is 3.39. The predicted molar refractivity (Wildman–Crippen MR) is 79.9 cm³/mol. The summed E-state index contributed by atoms with van der Waals surface area (Å²) >= 11 is 9.08. The number of benzene rings is 1. The molecule has 0 spiro atoms. The lowest BCUT2D eigenvalue weighted by Gasteiger charge is -2.19. The van der Waals surface area contributed by atoms with Crippen LogP contribution < -0.4 is 5.32 Å². The van der Waals surface area contributed by atoms with E-state index in [1.54, 1.807) is 0 Å². The Morgan fingerprint density at radius 1 is 1.47 bits per heavy atom. The highest BCUT2D eigenvalue weighted by atomic mass is 79.9. The van der Waals surface area contributed by atoms with Crippen molar-refractivity contribution in [2.75, 3.05) is 18.6 Å². The number of sulfone groups is 1. The monoisotopic (exact) mass is 371 g/mol. The second kappa shape index (κ2) is 7.02. The summed E-state index contributed by atoms with van der Waals surface area (Å²) in [6.07, 6.45) is 1.96. The smallest absolute Gasteiger partial charge is 0.149 e. The van der Waals surface area contributed by atoms with Gasteiger partial charge in [-0.1, -0.05) is 18.5 Å². The van der Waals surface area contributed by atoms with E-state index in [4.69, 9.17) is 11.6 Å². The van der Waals surface area contributed by atoms with Crippen LogP contribution in [0.2, 0.25) is 5.02 Å². The standard InChI is InChI=1S/C12H16BrClFNO2S/c1-3-4-16-12(7-19(2,17)18)8-5-10(14)9(13)6-11(8)15/h5-6,12,16H,3-4,7H2,1-2H3.